The SMILES string of the molecule is C=CC([C](CCCC)C(C=C)C(C)(C)C)C(C)(C)C. The lowest BCUT2D eigenvalue weighted by atomic mass is 9.61. The van der Waals surface area contributed by atoms with Crippen LogP contribution in [0.25, 0.3) is 0 Å². The summed E-state index contributed by atoms with van der Waals surface area (Å²) >= 11 is 0. The van der Waals surface area contributed by atoms with Gasteiger partial charge in [0.25, 0.3) is 0 Å². The van der Waals surface area contributed by atoms with Crippen molar-refractivity contribution in [3.05, 3.63) is 31.2 Å². The van der Waals surface area contributed by atoms with Crippen LogP contribution in [0.5, 0.6) is 0 Å². The van der Waals surface area contributed by atoms with Crippen LogP contribution in [0.1, 0.15) is 67.7 Å². The van der Waals surface area contributed by atoms with Gasteiger partial charge >= 0.3 is 0 Å². The summed E-state index contributed by atoms with van der Waals surface area (Å²) in [6.07, 6.45) is 7.99. The zero-order valence-corrected chi connectivity index (χ0v) is 14.3. The van der Waals surface area contributed by atoms with Gasteiger partial charge in [-0.05, 0) is 35.0 Å². The van der Waals surface area contributed by atoms with E-state index in [9.17, 15) is 0 Å². The average Bonchev–Trinajstić information content (AvgIpc) is 2.23. The lowest BCUT2D eigenvalue weighted by molar-refractivity contribution is 0.211. The lowest BCUT2D eigenvalue weighted by Crippen LogP contribution is -2.35. The highest BCUT2D eigenvalue weighted by atomic mass is 14.4. The van der Waals surface area contributed by atoms with Gasteiger partial charge in [0.1, 0.15) is 0 Å². The van der Waals surface area contributed by atoms with E-state index in [1.807, 2.05) is 0 Å². The predicted molar refractivity (Wildman–Crippen MR) is 89.1 cm³/mol. The van der Waals surface area contributed by atoms with Gasteiger partial charge in [0.15, 0.2) is 0 Å². The number of allylic oxidation sites excluding steroid dienone is 2. The summed E-state index contributed by atoms with van der Waals surface area (Å²) in [6.45, 7) is 24.3. The fourth-order valence-corrected chi connectivity index (χ4v) is 3.01. The molecule has 0 bridgehead atoms. The van der Waals surface area contributed by atoms with E-state index in [0.717, 1.165) is 0 Å². The molecule has 0 rings (SSSR count). The van der Waals surface area contributed by atoms with E-state index in [4.69, 9.17) is 0 Å². The molecule has 0 amide bonds. The van der Waals surface area contributed by atoms with Crippen LogP contribution in [-0.4, -0.2) is 0 Å². The Morgan fingerprint density at radius 1 is 0.895 bits per heavy atom. The highest BCUT2D eigenvalue weighted by molar-refractivity contribution is 5.17. The van der Waals surface area contributed by atoms with E-state index in [2.05, 4.69) is 73.8 Å². The lowest BCUT2D eigenvalue weighted by Gasteiger charge is -2.43. The van der Waals surface area contributed by atoms with Gasteiger partial charge in [-0.1, -0.05) is 73.5 Å². The highest BCUT2D eigenvalue weighted by Crippen LogP contribution is 2.47. The molecule has 0 aliphatic heterocycles. The van der Waals surface area contributed by atoms with E-state index in [0.29, 0.717) is 11.8 Å². The molecule has 19 heavy (non-hydrogen) atoms. The fourth-order valence-electron chi connectivity index (χ4n) is 3.01. The smallest absolute Gasteiger partial charge is 0.00939 e. The van der Waals surface area contributed by atoms with Crippen LogP contribution in [0, 0.1) is 28.6 Å². The number of hydrogen-bond acceptors (Lipinski definition) is 0. The molecule has 0 saturated heterocycles. The normalized spacial score (nSPS) is 16.2. The third-order valence-electron chi connectivity index (χ3n) is 3.96. The van der Waals surface area contributed by atoms with Gasteiger partial charge in [-0.3, -0.25) is 0 Å². The van der Waals surface area contributed by atoms with Gasteiger partial charge in [-0.15, -0.1) is 13.2 Å². The Bertz CT molecular complexity index is 245. The first kappa shape index (κ1) is 18.5. The third-order valence-corrected chi connectivity index (χ3v) is 3.96. The Hall–Kier alpha value is -0.520. The van der Waals surface area contributed by atoms with Gasteiger partial charge in [0.2, 0.25) is 0 Å². The topological polar surface area (TPSA) is 0 Å². The molecule has 0 spiro atoms. The molecule has 0 aromatic heterocycles. The van der Waals surface area contributed by atoms with Gasteiger partial charge in [0, 0.05) is 0 Å². The minimum absolute atomic E-state index is 0.233. The molecule has 0 heteroatoms. The Morgan fingerprint density at radius 3 is 1.47 bits per heavy atom. The zero-order valence-electron chi connectivity index (χ0n) is 14.3. The average molecular weight is 263 g/mol. The zero-order chi connectivity index (χ0) is 15.3. The first-order valence-corrected chi connectivity index (χ1v) is 7.70. The summed E-state index contributed by atoms with van der Waals surface area (Å²) in [7, 11) is 0. The molecule has 0 aliphatic carbocycles. The van der Waals surface area contributed by atoms with Crippen molar-refractivity contribution in [3.8, 4) is 0 Å². The first-order chi connectivity index (χ1) is 8.59. The molecule has 1 radical (unpaired) electrons. The second kappa shape index (κ2) is 7.31. The van der Waals surface area contributed by atoms with E-state index < -0.39 is 0 Å². The molecule has 0 aromatic carbocycles. The van der Waals surface area contributed by atoms with Crippen LogP contribution in [0.15, 0.2) is 25.3 Å². The van der Waals surface area contributed by atoms with Crippen LogP contribution in [0.3, 0.4) is 0 Å². The summed E-state index contributed by atoms with van der Waals surface area (Å²) < 4.78 is 0. The highest BCUT2D eigenvalue weighted by Gasteiger charge is 2.38. The molecule has 111 valence electrons. The quantitative estimate of drug-likeness (QED) is 0.463. The molecule has 0 saturated carbocycles. The van der Waals surface area contributed by atoms with E-state index in [1.165, 1.54) is 19.3 Å². The minimum Gasteiger partial charge on any atom is -0.103 e. The van der Waals surface area contributed by atoms with Crippen molar-refractivity contribution in [3.63, 3.8) is 0 Å². The molecule has 0 heterocycles. The first-order valence-electron chi connectivity index (χ1n) is 7.70. The Balaban J connectivity index is 5.39. The van der Waals surface area contributed by atoms with E-state index in [-0.39, 0.29) is 10.8 Å². The Kier molecular flexibility index (Phi) is 7.11. The molecular weight excluding hydrogens is 228 g/mol. The molecule has 0 aromatic rings. The second-order valence-electron chi connectivity index (χ2n) is 7.84. The molecule has 2 unspecified atom stereocenters. The van der Waals surface area contributed by atoms with Crippen LogP contribution >= 0.6 is 0 Å². The molecular formula is C19H35. The van der Waals surface area contributed by atoms with Gasteiger partial charge in [-0.25, -0.2) is 0 Å². The third kappa shape index (κ3) is 5.55. The maximum atomic E-state index is 4.10. The maximum absolute atomic E-state index is 4.10. The molecule has 2 atom stereocenters. The maximum Gasteiger partial charge on any atom is -0.00939 e. The summed E-state index contributed by atoms with van der Waals surface area (Å²) in [4.78, 5) is 0. The monoisotopic (exact) mass is 263 g/mol. The largest absolute Gasteiger partial charge is 0.103 e. The van der Waals surface area contributed by atoms with Crippen molar-refractivity contribution in [2.24, 2.45) is 22.7 Å². The standard InChI is InChI=1S/C19H35/c1-10-13-14-15(16(11-2)18(4,5)6)17(12-3)19(7,8)9/h11-12,16-17H,2-3,10,13-14H2,1,4-9H3. The van der Waals surface area contributed by atoms with Crippen molar-refractivity contribution in [1.29, 1.82) is 0 Å². The van der Waals surface area contributed by atoms with Crippen molar-refractivity contribution < 1.29 is 0 Å². The van der Waals surface area contributed by atoms with Crippen LogP contribution in [-0.2, 0) is 0 Å². The summed E-state index contributed by atoms with van der Waals surface area (Å²) in [5, 5.41) is 0. The van der Waals surface area contributed by atoms with Crippen LogP contribution in [0.2, 0.25) is 0 Å². The van der Waals surface area contributed by atoms with Crippen LogP contribution in [0.4, 0.5) is 0 Å². The Labute approximate surface area is 122 Å². The van der Waals surface area contributed by atoms with Gasteiger partial charge in [-0.2, -0.15) is 0 Å². The molecule has 0 aliphatic rings. The van der Waals surface area contributed by atoms with Crippen molar-refractivity contribution in [2.75, 3.05) is 0 Å². The minimum atomic E-state index is 0.233. The second-order valence-corrected chi connectivity index (χ2v) is 7.84. The molecule has 0 N–H and O–H groups in total. The van der Waals surface area contributed by atoms with Crippen molar-refractivity contribution >= 4 is 0 Å². The van der Waals surface area contributed by atoms with Crippen LogP contribution < -0.4 is 0 Å². The Morgan fingerprint density at radius 2 is 1.26 bits per heavy atom. The van der Waals surface area contributed by atoms with E-state index in [1.54, 1.807) is 5.92 Å². The molecule has 0 nitrogen and oxygen atoms in total. The van der Waals surface area contributed by atoms with Gasteiger partial charge < -0.3 is 0 Å². The summed E-state index contributed by atoms with van der Waals surface area (Å²) in [5.41, 5.74) is 0.467. The number of unbranched alkanes of at least 4 members (excludes halogenated alkanes) is 1. The fraction of sp³-hybridized carbons (Fsp3) is 0.737. The van der Waals surface area contributed by atoms with Crippen molar-refractivity contribution in [1.82, 2.24) is 0 Å². The number of rotatable bonds is 7. The predicted octanol–water partition coefficient (Wildman–Crippen LogP) is 6.45. The number of hydrogen-bond donors (Lipinski definition) is 0. The van der Waals surface area contributed by atoms with E-state index >= 15 is 0 Å². The molecule has 0 fully saturated rings. The van der Waals surface area contributed by atoms with Crippen molar-refractivity contribution in [2.45, 2.75) is 67.7 Å². The summed E-state index contributed by atoms with van der Waals surface area (Å²) in [6, 6.07) is 0. The van der Waals surface area contributed by atoms with Gasteiger partial charge in [0.05, 0.1) is 0 Å². The summed E-state index contributed by atoms with van der Waals surface area (Å²) in [5.74, 6) is 2.54.